The first-order valence-electron chi connectivity index (χ1n) is 21.3. The fraction of sp³-hybridized carbons (Fsp3) is 0.179. The summed E-state index contributed by atoms with van der Waals surface area (Å²) in [5.41, 5.74) is 15.8. The Labute approximate surface area is 355 Å². The highest BCUT2D eigenvalue weighted by Crippen LogP contribution is 2.49. The van der Waals surface area contributed by atoms with Crippen LogP contribution in [0, 0.1) is 20.8 Å². The highest BCUT2D eigenvalue weighted by atomic mass is 28.3. The molecule has 3 nitrogen and oxygen atoms in total. The van der Waals surface area contributed by atoms with Gasteiger partial charge in [-0.25, -0.2) is 0 Å². The van der Waals surface area contributed by atoms with Gasteiger partial charge >= 0.3 is 0 Å². The molecule has 0 atom stereocenters. The SMILES string of the molecule is Cc1ccc(N(c2cccc(C)c2)c2ccc3cc4c5ccc(N(c6ccc([Si](C)(C)C)cc6)c6cccc(C)c6)c6c7ccc(C(C)(C)C)cc7n(c4cc3c2)c56)cc1. The zero-order chi connectivity index (χ0) is 41.7. The minimum atomic E-state index is -1.49. The van der Waals surface area contributed by atoms with Crippen LogP contribution >= 0.6 is 0 Å². The van der Waals surface area contributed by atoms with Gasteiger partial charge < -0.3 is 14.2 Å². The summed E-state index contributed by atoms with van der Waals surface area (Å²) in [4.78, 5) is 4.87. The second-order valence-corrected chi connectivity index (χ2v) is 24.1. The lowest BCUT2D eigenvalue weighted by atomic mass is 9.86. The summed E-state index contributed by atoms with van der Waals surface area (Å²) >= 11 is 0. The van der Waals surface area contributed by atoms with Gasteiger partial charge in [0.2, 0.25) is 0 Å². The lowest BCUT2D eigenvalue weighted by molar-refractivity contribution is 0.591. The van der Waals surface area contributed by atoms with Crippen LogP contribution in [-0.2, 0) is 5.41 Å². The number of rotatable bonds is 7. The Morgan fingerprint density at radius 3 is 1.68 bits per heavy atom. The van der Waals surface area contributed by atoms with E-state index >= 15 is 0 Å². The summed E-state index contributed by atoms with van der Waals surface area (Å²) in [6.45, 7) is 20.7. The summed E-state index contributed by atoms with van der Waals surface area (Å²) in [5.74, 6) is 0. The summed E-state index contributed by atoms with van der Waals surface area (Å²) in [6, 6.07) is 59.8. The summed E-state index contributed by atoms with van der Waals surface area (Å²) < 4.78 is 2.57. The normalized spacial score (nSPS) is 12.4. The molecule has 2 heterocycles. The molecule has 10 aromatic rings. The van der Waals surface area contributed by atoms with Gasteiger partial charge in [-0.2, -0.15) is 0 Å². The van der Waals surface area contributed by atoms with E-state index in [2.05, 4.69) is 233 Å². The predicted octanol–water partition coefficient (Wildman–Crippen LogP) is 15.7. The first-order valence-corrected chi connectivity index (χ1v) is 24.8. The Bertz CT molecular complexity index is 3250. The van der Waals surface area contributed by atoms with Crippen molar-refractivity contribution in [2.24, 2.45) is 0 Å². The van der Waals surface area contributed by atoms with Crippen LogP contribution < -0.4 is 15.0 Å². The van der Waals surface area contributed by atoms with Gasteiger partial charge in [0.05, 0.1) is 30.3 Å². The molecule has 0 fully saturated rings. The molecule has 2 aromatic heterocycles. The van der Waals surface area contributed by atoms with Crippen LogP contribution in [0.25, 0.3) is 48.9 Å². The van der Waals surface area contributed by atoms with E-state index in [-0.39, 0.29) is 5.41 Å². The highest BCUT2D eigenvalue weighted by molar-refractivity contribution is 6.88. The van der Waals surface area contributed by atoms with Gasteiger partial charge in [-0.3, -0.25) is 0 Å². The fourth-order valence-corrected chi connectivity index (χ4v) is 10.4. The highest BCUT2D eigenvalue weighted by Gasteiger charge is 2.27. The number of hydrogen-bond donors (Lipinski definition) is 0. The lowest BCUT2D eigenvalue weighted by Crippen LogP contribution is -2.37. The molecular formula is C56H53N3Si. The maximum absolute atomic E-state index is 2.57. The molecule has 0 aliphatic carbocycles. The van der Waals surface area contributed by atoms with Gasteiger partial charge in [0.1, 0.15) is 0 Å². The second kappa shape index (κ2) is 13.9. The molecule has 0 radical (unpaired) electrons. The number of benzene rings is 8. The van der Waals surface area contributed by atoms with Gasteiger partial charge in [0.15, 0.2) is 0 Å². The van der Waals surface area contributed by atoms with Gasteiger partial charge in [-0.15, -0.1) is 0 Å². The third-order valence-electron chi connectivity index (χ3n) is 12.5. The molecule has 0 bridgehead atoms. The molecule has 0 spiro atoms. The van der Waals surface area contributed by atoms with E-state index in [9.17, 15) is 0 Å². The van der Waals surface area contributed by atoms with E-state index in [1.54, 1.807) is 0 Å². The Balaban J connectivity index is 1.25. The van der Waals surface area contributed by atoms with Gasteiger partial charge in [0, 0.05) is 50.0 Å². The van der Waals surface area contributed by atoms with E-state index < -0.39 is 8.07 Å². The van der Waals surface area contributed by atoms with Crippen LogP contribution in [0.2, 0.25) is 19.6 Å². The van der Waals surface area contributed by atoms with Crippen molar-refractivity contribution in [2.75, 3.05) is 9.80 Å². The fourth-order valence-electron chi connectivity index (χ4n) is 9.27. The summed E-state index contributed by atoms with van der Waals surface area (Å²) in [6.07, 6.45) is 0. The Morgan fingerprint density at radius 1 is 0.450 bits per heavy atom. The van der Waals surface area contributed by atoms with Crippen molar-refractivity contribution in [3.63, 3.8) is 0 Å². The number of hydrogen-bond acceptors (Lipinski definition) is 2. The van der Waals surface area contributed by atoms with Crippen LogP contribution in [0.4, 0.5) is 34.1 Å². The first kappa shape index (κ1) is 37.9. The molecule has 4 heteroatoms. The minimum absolute atomic E-state index is 0.00273. The lowest BCUT2D eigenvalue weighted by Gasteiger charge is -2.28. The van der Waals surface area contributed by atoms with E-state index in [4.69, 9.17) is 0 Å². The summed E-state index contributed by atoms with van der Waals surface area (Å²) in [5, 5.41) is 9.03. The van der Waals surface area contributed by atoms with Gasteiger partial charge in [-0.05, 0) is 139 Å². The van der Waals surface area contributed by atoms with Crippen molar-refractivity contribution in [3.8, 4) is 0 Å². The zero-order valence-electron chi connectivity index (χ0n) is 36.4. The molecule has 60 heavy (non-hydrogen) atoms. The van der Waals surface area contributed by atoms with Crippen molar-refractivity contribution >= 4 is 96.3 Å². The average molecular weight is 796 g/mol. The third-order valence-corrected chi connectivity index (χ3v) is 14.6. The molecule has 10 rings (SSSR count). The molecule has 0 aliphatic rings. The Kier molecular flexibility index (Phi) is 8.75. The van der Waals surface area contributed by atoms with Crippen molar-refractivity contribution in [1.29, 1.82) is 0 Å². The quantitative estimate of drug-likeness (QED) is 0.149. The molecule has 0 saturated carbocycles. The molecular weight excluding hydrogens is 743 g/mol. The Hall–Kier alpha value is -6.36. The number of aryl methyl sites for hydroxylation is 3. The summed E-state index contributed by atoms with van der Waals surface area (Å²) in [7, 11) is -1.49. The van der Waals surface area contributed by atoms with Gasteiger partial charge in [0.25, 0.3) is 0 Å². The molecule has 0 unspecified atom stereocenters. The van der Waals surface area contributed by atoms with Crippen LogP contribution in [0.3, 0.4) is 0 Å². The Morgan fingerprint density at radius 2 is 1.03 bits per heavy atom. The van der Waals surface area contributed by atoms with Crippen LogP contribution in [0.5, 0.6) is 0 Å². The zero-order valence-corrected chi connectivity index (χ0v) is 37.4. The standard InChI is InChI=1S/C56H53N3Si/c1-36-16-20-42(21-17-36)57(44-14-10-12-37(2)30-44)46-22-18-39-33-50-48-28-29-51(58(45-15-11-13-38(3)31-45)43-23-25-47(26-24-43)60(7,8)9)54-49-27-19-41(56(4,5)6)35-53(49)59(55(48)54)52(50)34-40(39)32-46/h10-35H,1-9H3. The molecule has 0 aliphatic heterocycles. The van der Waals surface area contributed by atoms with Crippen molar-refractivity contribution in [3.05, 3.63) is 180 Å². The van der Waals surface area contributed by atoms with E-state index in [1.807, 2.05) is 0 Å². The minimum Gasteiger partial charge on any atom is -0.310 e. The maximum Gasteiger partial charge on any atom is 0.0775 e. The number of fused-ring (bicyclic) bond motifs is 7. The molecule has 296 valence electrons. The van der Waals surface area contributed by atoms with Crippen LogP contribution in [0.1, 0.15) is 43.0 Å². The molecule has 8 aromatic carbocycles. The monoisotopic (exact) mass is 795 g/mol. The van der Waals surface area contributed by atoms with Crippen LogP contribution in [0.15, 0.2) is 158 Å². The number of nitrogens with zero attached hydrogens (tertiary/aromatic N) is 3. The van der Waals surface area contributed by atoms with Crippen molar-refractivity contribution < 1.29 is 0 Å². The van der Waals surface area contributed by atoms with E-state index in [1.165, 1.54) is 93.4 Å². The maximum atomic E-state index is 2.57. The average Bonchev–Trinajstić information content (AvgIpc) is 3.72. The third kappa shape index (κ3) is 6.33. The first-order chi connectivity index (χ1) is 28.7. The van der Waals surface area contributed by atoms with Crippen LogP contribution in [-0.4, -0.2) is 12.5 Å². The van der Waals surface area contributed by atoms with Crippen molar-refractivity contribution in [1.82, 2.24) is 4.40 Å². The number of aromatic nitrogens is 1. The topological polar surface area (TPSA) is 10.9 Å². The molecule has 0 N–H and O–H groups in total. The van der Waals surface area contributed by atoms with E-state index in [0.717, 1.165) is 17.1 Å². The van der Waals surface area contributed by atoms with Crippen molar-refractivity contribution in [2.45, 2.75) is 66.6 Å². The molecule has 0 amide bonds. The predicted molar refractivity (Wildman–Crippen MR) is 264 cm³/mol. The molecule has 0 saturated heterocycles. The largest absolute Gasteiger partial charge is 0.310 e. The second-order valence-electron chi connectivity index (χ2n) is 19.1. The number of anilines is 6. The smallest absolute Gasteiger partial charge is 0.0775 e. The van der Waals surface area contributed by atoms with E-state index in [0.29, 0.717) is 0 Å². The van der Waals surface area contributed by atoms with Gasteiger partial charge in [-0.1, -0.05) is 124 Å².